The Morgan fingerprint density at radius 1 is 0.292 bits per heavy atom. The van der Waals surface area contributed by atoms with Crippen LogP contribution in [-0.4, -0.2) is 0 Å². The quantitative estimate of drug-likeness (QED) is 0.162. The van der Waals surface area contributed by atoms with E-state index in [-0.39, 0.29) is 10.8 Å². The van der Waals surface area contributed by atoms with Crippen LogP contribution in [0.5, 0.6) is 0 Å². The summed E-state index contributed by atoms with van der Waals surface area (Å²) in [5, 5.41) is 12.6. The molecule has 2 aliphatic rings. The van der Waals surface area contributed by atoms with Gasteiger partial charge in [-0.1, -0.05) is 185 Å². The van der Waals surface area contributed by atoms with Crippen LogP contribution < -0.4 is 0 Å². The average Bonchev–Trinajstić information content (AvgIpc) is 3.90. The smallest absolute Gasteiger partial charge is 0.136 e. The molecule has 65 heavy (non-hydrogen) atoms. The minimum Gasteiger partial charge on any atom is -0.456 e. The number of hydrogen-bond donors (Lipinski definition) is 0. The van der Waals surface area contributed by atoms with Crippen molar-refractivity contribution in [2.45, 2.75) is 38.5 Å². The lowest BCUT2D eigenvalue weighted by atomic mass is 9.80. The Hall–Kier alpha value is -7.74. The summed E-state index contributed by atoms with van der Waals surface area (Å²) < 4.78 is 6.76. The molecule has 11 aromatic carbocycles. The lowest BCUT2D eigenvalue weighted by Gasteiger charge is -2.23. The SMILES string of the molecule is CC1(C)c2ccc(-c3ccc4c(c3)oc3cc5c(cc34)C(C)(C)c3c-5ccc4ccccc34)cc2-c2ccc(-c3c4ccccc4c(-c4cccc5ccccc45)c4ccccc34)cc21. The Balaban J connectivity index is 0.878. The molecule has 1 heterocycles. The van der Waals surface area contributed by atoms with Crippen molar-refractivity contribution in [2.24, 2.45) is 0 Å². The third-order valence-corrected chi connectivity index (χ3v) is 15.4. The van der Waals surface area contributed by atoms with Gasteiger partial charge in [-0.05, 0) is 157 Å². The molecule has 0 N–H and O–H groups in total. The van der Waals surface area contributed by atoms with Crippen LogP contribution in [0.4, 0.5) is 0 Å². The van der Waals surface area contributed by atoms with E-state index >= 15 is 0 Å². The Morgan fingerprint density at radius 2 is 0.846 bits per heavy atom. The molecule has 0 atom stereocenters. The van der Waals surface area contributed by atoms with Crippen molar-refractivity contribution in [3.05, 3.63) is 216 Å². The Morgan fingerprint density at radius 3 is 1.60 bits per heavy atom. The molecule has 0 radical (unpaired) electrons. The number of rotatable bonds is 3. The van der Waals surface area contributed by atoms with Gasteiger partial charge in [-0.2, -0.15) is 0 Å². The molecule has 0 amide bonds. The minimum atomic E-state index is -0.171. The van der Waals surface area contributed by atoms with E-state index in [0.717, 1.165) is 22.1 Å². The van der Waals surface area contributed by atoms with Crippen LogP contribution in [0.15, 0.2) is 199 Å². The summed E-state index contributed by atoms with van der Waals surface area (Å²) in [4.78, 5) is 0. The molecule has 0 bridgehead atoms. The van der Waals surface area contributed by atoms with Crippen LogP contribution in [0.1, 0.15) is 49.9 Å². The summed E-state index contributed by atoms with van der Waals surface area (Å²) >= 11 is 0. The Labute approximate surface area is 378 Å². The second kappa shape index (κ2) is 12.9. The molecule has 14 rings (SSSR count). The first-order valence-electron chi connectivity index (χ1n) is 23.0. The number of furan rings is 1. The van der Waals surface area contributed by atoms with E-state index in [4.69, 9.17) is 4.42 Å². The number of fused-ring (bicyclic) bond motifs is 14. The largest absolute Gasteiger partial charge is 0.456 e. The Kier molecular flexibility index (Phi) is 7.30. The molecule has 0 saturated heterocycles. The van der Waals surface area contributed by atoms with Gasteiger partial charge in [-0.15, -0.1) is 0 Å². The van der Waals surface area contributed by atoms with Crippen molar-refractivity contribution >= 4 is 65.0 Å². The fourth-order valence-corrected chi connectivity index (χ4v) is 12.3. The van der Waals surface area contributed by atoms with Gasteiger partial charge in [0.05, 0.1) is 0 Å². The molecule has 1 aromatic heterocycles. The topological polar surface area (TPSA) is 13.1 Å². The fourth-order valence-electron chi connectivity index (χ4n) is 12.3. The van der Waals surface area contributed by atoms with Gasteiger partial charge in [-0.25, -0.2) is 0 Å². The first kappa shape index (κ1) is 36.7. The highest BCUT2D eigenvalue weighted by molar-refractivity contribution is 6.23. The molecule has 306 valence electrons. The summed E-state index contributed by atoms with van der Waals surface area (Å²) in [6, 6.07) is 72.7. The first-order chi connectivity index (χ1) is 31.7. The van der Waals surface area contributed by atoms with Crippen LogP contribution in [0.2, 0.25) is 0 Å². The van der Waals surface area contributed by atoms with Crippen LogP contribution >= 0.6 is 0 Å². The number of hydrogen-bond acceptors (Lipinski definition) is 1. The summed E-state index contributed by atoms with van der Waals surface area (Å²) in [6.07, 6.45) is 0. The predicted molar refractivity (Wildman–Crippen MR) is 275 cm³/mol. The molecular formula is C64H44O. The van der Waals surface area contributed by atoms with Crippen molar-refractivity contribution in [2.75, 3.05) is 0 Å². The molecule has 0 aliphatic heterocycles. The van der Waals surface area contributed by atoms with Crippen LogP contribution in [0, 0.1) is 0 Å². The van der Waals surface area contributed by atoms with Crippen molar-refractivity contribution in [1.29, 1.82) is 0 Å². The van der Waals surface area contributed by atoms with Gasteiger partial charge in [0.25, 0.3) is 0 Å². The van der Waals surface area contributed by atoms with Gasteiger partial charge >= 0.3 is 0 Å². The normalized spacial score (nSPS) is 14.4. The highest BCUT2D eigenvalue weighted by atomic mass is 16.3. The Bertz CT molecular complexity index is 4000. The second-order valence-corrected chi connectivity index (χ2v) is 19.6. The van der Waals surface area contributed by atoms with Crippen molar-refractivity contribution in [3.63, 3.8) is 0 Å². The van der Waals surface area contributed by atoms with E-state index in [0.29, 0.717) is 0 Å². The second-order valence-electron chi connectivity index (χ2n) is 19.6. The van der Waals surface area contributed by atoms with Gasteiger partial charge in [-0.3, -0.25) is 0 Å². The van der Waals surface area contributed by atoms with Crippen molar-refractivity contribution in [1.82, 2.24) is 0 Å². The molecular weight excluding hydrogens is 785 g/mol. The van der Waals surface area contributed by atoms with E-state index in [1.807, 2.05) is 0 Å². The van der Waals surface area contributed by atoms with E-state index in [9.17, 15) is 0 Å². The zero-order chi connectivity index (χ0) is 43.3. The van der Waals surface area contributed by atoms with E-state index in [1.165, 1.54) is 121 Å². The highest BCUT2D eigenvalue weighted by Gasteiger charge is 2.38. The first-order valence-corrected chi connectivity index (χ1v) is 23.0. The third-order valence-electron chi connectivity index (χ3n) is 15.4. The zero-order valence-corrected chi connectivity index (χ0v) is 36.9. The zero-order valence-electron chi connectivity index (χ0n) is 36.9. The molecule has 0 fully saturated rings. The van der Waals surface area contributed by atoms with Gasteiger partial charge in [0.2, 0.25) is 0 Å². The summed E-state index contributed by atoms with van der Waals surface area (Å²) in [6.45, 7) is 9.53. The van der Waals surface area contributed by atoms with Gasteiger partial charge in [0.15, 0.2) is 0 Å². The van der Waals surface area contributed by atoms with Crippen molar-refractivity contribution < 1.29 is 4.42 Å². The maximum atomic E-state index is 6.76. The fraction of sp³-hybridized carbons (Fsp3) is 0.0938. The maximum Gasteiger partial charge on any atom is 0.136 e. The molecule has 0 spiro atoms. The van der Waals surface area contributed by atoms with Crippen molar-refractivity contribution in [3.8, 4) is 55.6 Å². The van der Waals surface area contributed by atoms with Gasteiger partial charge < -0.3 is 4.42 Å². The van der Waals surface area contributed by atoms with Crippen LogP contribution in [0.3, 0.4) is 0 Å². The van der Waals surface area contributed by atoms with E-state index in [1.54, 1.807) is 0 Å². The summed E-state index contributed by atoms with van der Waals surface area (Å²) in [5.41, 5.74) is 19.8. The molecule has 2 aliphatic carbocycles. The van der Waals surface area contributed by atoms with Gasteiger partial charge in [0.1, 0.15) is 11.2 Å². The minimum absolute atomic E-state index is 0.122. The molecule has 1 heteroatoms. The predicted octanol–water partition coefficient (Wildman–Crippen LogP) is 17.8. The summed E-state index contributed by atoms with van der Waals surface area (Å²) in [7, 11) is 0. The average molecular weight is 829 g/mol. The van der Waals surface area contributed by atoms with E-state index < -0.39 is 0 Å². The lowest BCUT2D eigenvalue weighted by Crippen LogP contribution is -2.15. The highest BCUT2D eigenvalue weighted by Crippen LogP contribution is 2.55. The standard InChI is InChI=1S/C64H44O/c1-63(2)55-31-27-39(40-25-29-45-54-35-57-53(36-59(54)65-58(45)34-40)51-30-24-38-15-6-8-18-43(38)62(51)64(57,3)4)32-52(55)44-28-26-41(33-56(44)63)60-47-19-9-11-21-49(47)61(50-22-12-10-20-48(50)60)46-23-13-16-37-14-5-7-17-42(37)46/h5-36H,1-4H3. The van der Waals surface area contributed by atoms with Gasteiger partial charge in [0, 0.05) is 21.6 Å². The lowest BCUT2D eigenvalue weighted by molar-refractivity contribution is 0.660. The molecule has 12 aromatic rings. The van der Waals surface area contributed by atoms with Crippen LogP contribution in [0.25, 0.3) is 121 Å². The molecule has 1 nitrogen and oxygen atoms in total. The summed E-state index contributed by atoms with van der Waals surface area (Å²) in [5.74, 6) is 0. The number of benzene rings is 11. The molecule has 0 unspecified atom stereocenters. The monoisotopic (exact) mass is 828 g/mol. The van der Waals surface area contributed by atoms with Crippen LogP contribution in [-0.2, 0) is 10.8 Å². The third kappa shape index (κ3) is 4.99. The van der Waals surface area contributed by atoms with E-state index in [2.05, 4.69) is 222 Å². The maximum absolute atomic E-state index is 6.76. The molecule has 0 saturated carbocycles.